The second kappa shape index (κ2) is 4.68. The fourth-order valence-corrected chi connectivity index (χ4v) is 2.33. The Bertz CT molecular complexity index is 623. The van der Waals surface area contributed by atoms with Gasteiger partial charge in [-0.1, -0.05) is 0 Å². The van der Waals surface area contributed by atoms with E-state index in [4.69, 9.17) is 4.74 Å². The number of hydrogen-bond acceptors (Lipinski definition) is 3. The number of anilines is 1. The zero-order chi connectivity index (χ0) is 13.4. The first-order valence-corrected chi connectivity index (χ1v) is 6.65. The number of benzene rings is 1. The number of fused-ring (bicyclic) bond motifs is 1. The molecule has 1 aromatic heterocycles. The molecule has 0 bridgehead atoms. The fourth-order valence-electron chi connectivity index (χ4n) is 2.33. The first-order chi connectivity index (χ1) is 9.22. The average Bonchev–Trinajstić information content (AvgIpc) is 3.22. The molecule has 0 atom stereocenters. The van der Waals surface area contributed by atoms with Gasteiger partial charge in [0, 0.05) is 35.3 Å². The van der Waals surface area contributed by atoms with E-state index < -0.39 is 0 Å². The number of halogens is 1. The van der Waals surface area contributed by atoms with Gasteiger partial charge in [-0.3, -0.25) is 4.98 Å². The van der Waals surface area contributed by atoms with Crippen LogP contribution in [0, 0.1) is 5.82 Å². The number of ether oxygens (including phenoxy) is 1. The van der Waals surface area contributed by atoms with Crippen molar-refractivity contribution in [2.24, 2.45) is 0 Å². The molecule has 1 aliphatic rings. The van der Waals surface area contributed by atoms with Crippen LogP contribution < -0.4 is 10.1 Å². The van der Waals surface area contributed by atoms with Gasteiger partial charge in [0.15, 0.2) is 11.6 Å². The predicted octanol–water partition coefficient (Wildman–Crippen LogP) is 3.69. The summed E-state index contributed by atoms with van der Waals surface area (Å²) in [5, 5.41) is 4.23. The van der Waals surface area contributed by atoms with Gasteiger partial charge in [0.05, 0.1) is 12.6 Å². The zero-order valence-electron chi connectivity index (χ0n) is 11.2. The Morgan fingerprint density at radius 3 is 2.79 bits per heavy atom. The van der Waals surface area contributed by atoms with E-state index >= 15 is 0 Å². The van der Waals surface area contributed by atoms with Gasteiger partial charge in [-0.2, -0.15) is 0 Å². The molecule has 0 radical (unpaired) electrons. The van der Waals surface area contributed by atoms with Crippen LogP contribution in [0.15, 0.2) is 18.2 Å². The summed E-state index contributed by atoms with van der Waals surface area (Å²) in [6.07, 6.45) is 2.37. The first-order valence-electron chi connectivity index (χ1n) is 6.65. The maximum absolute atomic E-state index is 13.8. The van der Waals surface area contributed by atoms with E-state index in [0.717, 1.165) is 23.3 Å². The lowest BCUT2D eigenvalue weighted by molar-refractivity contribution is 0.387. The molecule has 100 valence electrons. The van der Waals surface area contributed by atoms with Crippen molar-refractivity contribution in [2.75, 3.05) is 19.0 Å². The third-order valence-electron chi connectivity index (χ3n) is 3.46. The predicted molar refractivity (Wildman–Crippen MR) is 74.4 cm³/mol. The van der Waals surface area contributed by atoms with Gasteiger partial charge in [-0.15, -0.1) is 0 Å². The Labute approximate surface area is 111 Å². The first kappa shape index (κ1) is 12.2. The molecule has 1 saturated carbocycles. The quantitative estimate of drug-likeness (QED) is 0.910. The van der Waals surface area contributed by atoms with Crippen LogP contribution in [0.25, 0.3) is 10.9 Å². The molecule has 0 spiro atoms. The van der Waals surface area contributed by atoms with Gasteiger partial charge in [0.25, 0.3) is 0 Å². The van der Waals surface area contributed by atoms with E-state index in [0.29, 0.717) is 11.4 Å². The summed E-state index contributed by atoms with van der Waals surface area (Å²) >= 11 is 0. The molecule has 0 aliphatic heterocycles. The molecule has 3 nitrogen and oxygen atoms in total. The van der Waals surface area contributed by atoms with Gasteiger partial charge >= 0.3 is 0 Å². The normalized spacial score (nSPS) is 14.7. The average molecular weight is 260 g/mol. The molecular formula is C15H17FN2O. The van der Waals surface area contributed by atoms with Gasteiger partial charge in [-0.25, -0.2) is 4.39 Å². The Morgan fingerprint density at radius 2 is 2.16 bits per heavy atom. The summed E-state index contributed by atoms with van der Waals surface area (Å²) in [5.74, 6) is 0.442. The molecule has 1 aliphatic carbocycles. The minimum absolute atomic E-state index is 0.257. The number of nitrogens with one attached hydrogen (secondary N) is 1. The van der Waals surface area contributed by atoms with E-state index in [1.54, 1.807) is 6.07 Å². The molecule has 0 saturated heterocycles. The molecule has 1 aromatic carbocycles. The van der Waals surface area contributed by atoms with E-state index in [2.05, 4.69) is 16.4 Å². The number of aromatic nitrogens is 1. The van der Waals surface area contributed by atoms with Crippen molar-refractivity contribution < 1.29 is 9.13 Å². The van der Waals surface area contributed by atoms with E-state index in [-0.39, 0.29) is 11.6 Å². The second-order valence-electron chi connectivity index (χ2n) is 4.90. The monoisotopic (exact) mass is 260 g/mol. The van der Waals surface area contributed by atoms with Crippen molar-refractivity contribution in [1.29, 1.82) is 0 Å². The Balaban J connectivity index is 2.21. The molecule has 1 N–H and O–H groups in total. The van der Waals surface area contributed by atoms with Crippen molar-refractivity contribution in [1.82, 2.24) is 4.98 Å². The van der Waals surface area contributed by atoms with Crippen molar-refractivity contribution in [3.05, 3.63) is 29.7 Å². The molecule has 0 unspecified atom stereocenters. The fraction of sp³-hybridized carbons (Fsp3) is 0.400. The number of nitrogens with zero attached hydrogens (tertiary/aromatic N) is 1. The Kier molecular flexibility index (Phi) is 3.01. The Morgan fingerprint density at radius 1 is 1.37 bits per heavy atom. The summed E-state index contributed by atoms with van der Waals surface area (Å²) in [5.41, 5.74) is 2.76. The molecule has 1 heterocycles. The highest BCUT2D eigenvalue weighted by molar-refractivity contribution is 5.92. The van der Waals surface area contributed by atoms with Crippen LogP contribution in [0.4, 0.5) is 10.1 Å². The zero-order valence-corrected chi connectivity index (χ0v) is 11.2. The lowest BCUT2D eigenvalue weighted by atomic mass is 10.1. The highest BCUT2D eigenvalue weighted by Crippen LogP contribution is 2.41. The third kappa shape index (κ3) is 2.23. The van der Waals surface area contributed by atoms with Crippen molar-refractivity contribution in [3.8, 4) is 5.75 Å². The summed E-state index contributed by atoms with van der Waals surface area (Å²) < 4.78 is 18.8. The Hall–Kier alpha value is -1.84. The lowest BCUT2D eigenvalue weighted by Gasteiger charge is -2.12. The van der Waals surface area contributed by atoms with Crippen molar-refractivity contribution >= 4 is 16.6 Å². The molecule has 1 fully saturated rings. The van der Waals surface area contributed by atoms with E-state index in [1.807, 2.05) is 6.92 Å². The highest BCUT2D eigenvalue weighted by atomic mass is 19.1. The number of methoxy groups -OCH3 is 1. The van der Waals surface area contributed by atoms with Gasteiger partial charge < -0.3 is 10.1 Å². The molecule has 4 heteroatoms. The van der Waals surface area contributed by atoms with Crippen LogP contribution in [0.3, 0.4) is 0 Å². The molecule has 19 heavy (non-hydrogen) atoms. The summed E-state index contributed by atoms with van der Waals surface area (Å²) in [4.78, 5) is 4.58. The smallest absolute Gasteiger partial charge is 0.167 e. The standard InChI is InChI=1S/C15H17FN2O/c1-3-17-13-8-12(9-4-5-9)18-14-7-11(16)15(19-2)6-10(13)14/h6-9H,3-5H2,1-2H3,(H,17,18). The van der Waals surface area contributed by atoms with Crippen molar-refractivity contribution in [3.63, 3.8) is 0 Å². The SMILES string of the molecule is CCNc1cc(C2CC2)nc2cc(F)c(OC)cc12. The minimum Gasteiger partial charge on any atom is -0.494 e. The van der Waals surface area contributed by atoms with Crippen LogP contribution in [0.2, 0.25) is 0 Å². The van der Waals surface area contributed by atoms with Crippen LogP contribution >= 0.6 is 0 Å². The van der Waals surface area contributed by atoms with Crippen molar-refractivity contribution in [2.45, 2.75) is 25.7 Å². The van der Waals surface area contributed by atoms with Crippen LogP contribution in [0.1, 0.15) is 31.4 Å². The number of rotatable bonds is 4. The van der Waals surface area contributed by atoms with Crippen LogP contribution in [0.5, 0.6) is 5.75 Å². The summed E-state index contributed by atoms with van der Waals surface area (Å²) in [6.45, 7) is 2.87. The molecule has 0 amide bonds. The highest BCUT2D eigenvalue weighted by Gasteiger charge is 2.26. The third-order valence-corrected chi connectivity index (χ3v) is 3.46. The van der Waals surface area contributed by atoms with E-state index in [9.17, 15) is 4.39 Å². The molecule has 3 rings (SSSR count). The topological polar surface area (TPSA) is 34.2 Å². The maximum Gasteiger partial charge on any atom is 0.167 e. The molecule has 2 aromatic rings. The maximum atomic E-state index is 13.8. The number of hydrogen-bond donors (Lipinski definition) is 1. The minimum atomic E-state index is -0.363. The number of pyridine rings is 1. The van der Waals surface area contributed by atoms with Gasteiger partial charge in [0.2, 0.25) is 0 Å². The van der Waals surface area contributed by atoms with Crippen LogP contribution in [-0.2, 0) is 0 Å². The molecular weight excluding hydrogens is 243 g/mol. The van der Waals surface area contributed by atoms with E-state index in [1.165, 1.54) is 26.0 Å². The summed E-state index contributed by atoms with van der Waals surface area (Å²) in [6, 6.07) is 5.26. The second-order valence-corrected chi connectivity index (χ2v) is 4.90. The van der Waals surface area contributed by atoms with Crippen LogP contribution in [-0.4, -0.2) is 18.6 Å². The lowest BCUT2D eigenvalue weighted by Crippen LogP contribution is -2.01. The summed E-state index contributed by atoms with van der Waals surface area (Å²) in [7, 11) is 1.48. The largest absolute Gasteiger partial charge is 0.494 e. The van der Waals surface area contributed by atoms with Gasteiger partial charge in [0.1, 0.15) is 0 Å². The van der Waals surface area contributed by atoms with Gasteiger partial charge in [-0.05, 0) is 31.9 Å².